The van der Waals surface area contributed by atoms with Crippen molar-refractivity contribution in [2.24, 2.45) is 5.92 Å². The summed E-state index contributed by atoms with van der Waals surface area (Å²) in [5.74, 6) is 0.891. The fourth-order valence-corrected chi connectivity index (χ4v) is 1.93. The number of anilines is 1. The molecule has 0 fully saturated rings. The predicted octanol–water partition coefficient (Wildman–Crippen LogP) is 1.51. The summed E-state index contributed by atoms with van der Waals surface area (Å²) in [5, 5.41) is 0. The van der Waals surface area contributed by atoms with Crippen LogP contribution in [0.2, 0.25) is 0 Å². The highest BCUT2D eigenvalue weighted by Crippen LogP contribution is 2.17. The van der Waals surface area contributed by atoms with Gasteiger partial charge in [-0.15, -0.1) is 0 Å². The minimum absolute atomic E-state index is 0.0121. The second kappa shape index (κ2) is 5.70. The van der Waals surface area contributed by atoms with Gasteiger partial charge in [-0.1, -0.05) is 26.7 Å². The zero-order valence-electron chi connectivity index (χ0n) is 10.7. The van der Waals surface area contributed by atoms with Gasteiger partial charge in [-0.05, 0) is 19.3 Å². The molecule has 1 atom stereocenters. The third kappa shape index (κ3) is 3.76. The average molecular weight is 239 g/mol. The molecular formula is C12H21N3O2. The van der Waals surface area contributed by atoms with Gasteiger partial charge in [0, 0.05) is 12.1 Å². The summed E-state index contributed by atoms with van der Waals surface area (Å²) in [6.07, 6.45) is 3.06. The maximum Gasteiger partial charge on any atom is 0.330 e. The number of nitrogen functional groups attached to an aromatic ring is 1. The molecular weight excluding hydrogens is 218 g/mol. The van der Waals surface area contributed by atoms with Gasteiger partial charge >= 0.3 is 5.69 Å². The van der Waals surface area contributed by atoms with Crippen LogP contribution in [0.5, 0.6) is 0 Å². The number of nitrogens with two attached hydrogens (primary N) is 1. The molecule has 0 saturated heterocycles. The quantitative estimate of drug-likeness (QED) is 0.817. The van der Waals surface area contributed by atoms with E-state index >= 15 is 0 Å². The van der Waals surface area contributed by atoms with Crippen LogP contribution in [0.25, 0.3) is 0 Å². The van der Waals surface area contributed by atoms with E-state index in [0.717, 1.165) is 19.3 Å². The molecule has 17 heavy (non-hydrogen) atoms. The third-order valence-electron chi connectivity index (χ3n) is 2.85. The lowest BCUT2D eigenvalue weighted by atomic mass is 10.0. The van der Waals surface area contributed by atoms with E-state index < -0.39 is 11.2 Å². The summed E-state index contributed by atoms with van der Waals surface area (Å²) >= 11 is 0. The molecule has 1 aromatic rings. The highest BCUT2D eigenvalue weighted by Gasteiger charge is 2.10. The first-order valence-corrected chi connectivity index (χ1v) is 6.03. The molecule has 0 saturated carbocycles. The monoisotopic (exact) mass is 239 g/mol. The number of rotatable bonds is 5. The summed E-state index contributed by atoms with van der Waals surface area (Å²) in [5.41, 5.74) is 4.83. The molecule has 0 aromatic carbocycles. The van der Waals surface area contributed by atoms with Gasteiger partial charge in [0.1, 0.15) is 5.82 Å². The van der Waals surface area contributed by atoms with E-state index in [0.29, 0.717) is 5.92 Å². The summed E-state index contributed by atoms with van der Waals surface area (Å²) in [4.78, 5) is 24.9. The van der Waals surface area contributed by atoms with Crippen molar-refractivity contribution >= 4 is 5.82 Å². The van der Waals surface area contributed by atoms with Gasteiger partial charge in [-0.3, -0.25) is 14.3 Å². The third-order valence-corrected chi connectivity index (χ3v) is 2.85. The number of aromatic amines is 1. The number of hydrogen-bond acceptors (Lipinski definition) is 3. The van der Waals surface area contributed by atoms with E-state index in [1.54, 1.807) is 0 Å². The molecule has 1 aromatic heterocycles. The molecule has 5 heteroatoms. The van der Waals surface area contributed by atoms with Crippen molar-refractivity contribution in [1.82, 2.24) is 9.55 Å². The van der Waals surface area contributed by atoms with Crippen molar-refractivity contribution in [2.45, 2.75) is 46.1 Å². The van der Waals surface area contributed by atoms with E-state index in [9.17, 15) is 9.59 Å². The minimum atomic E-state index is -0.446. The average Bonchev–Trinajstić information content (AvgIpc) is 2.14. The number of aromatic nitrogens is 2. The van der Waals surface area contributed by atoms with E-state index in [4.69, 9.17) is 5.73 Å². The van der Waals surface area contributed by atoms with E-state index in [2.05, 4.69) is 18.8 Å². The molecule has 0 aliphatic carbocycles. The Kier molecular flexibility index (Phi) is 4.54. The fourth-order valence-electron chi connectivity index (χ4n) is 1.93. The maximum absolute atomic E-state index is 11.6. The van der Waals surface area contributed by atoms with Crippen LogP contribution in [0.1, 0.15) is 46.1 Å². The van der Waals surface area contributed by atoms with Crippen molar-refractivity contribution in [3.8, 4) is 0 Å². The van der Waals surface area contributed by atoms with Crippen LogP contribution in [0.15, 0.2) is 15.7 Å². The van der Waals surface area contributed by atoms with E-state index in [-0.39, 0.29) is 11.9 Å². The predicted molar refractivity (Wildman–Crippen MR) is 69.1 cm³/mol. The highest BCUT2D eigenvalue weighted by atomic mass is 16.2. The first-order chi connectivity index (χ1) is 7.91. The summed E-state index contributed by atoms with van der Waals surface area (Å²) in [6.45, 7) is 6.28. The van der Waals surface area contributed by atoms with Gasteiger partial charge in [-0.25, -0.2) is 4.79 Å². The van der Waals surface area contributed by atoms with Crippen molar-refractivity contribution in [2.75, 3.05) is 5.73 Å². The van der Waals surface area contributed by atoms with Crippen LogP contribution in [0, 0.1) is 5.92 Å². The van der Waals surface area contributed by atoms with Crippen LogP contribution >= 0.6 is 0 Å². The SMILES string of the molecule is CC(C)CCCC(C)n1c(N)cc(=O)[nH]c1=O. The zero-order valence-corrected chi connectivity index (χ0v) is 10.7. The lowest BCUT2D eigenvalue weighted by molar-refractivity contribution is 0.437. The van der Waals surface area contributed by atoms with Crippen LogP contribution in [-0.2, 0) is 0 Å². The molecule has 0 bridgehead atoms. The fraction of sp³-hybridized carbons (Fsp3) is 0.667. The molecule has 0 aliphatic heterocycles. The molecule has 0 radical (unpaired) electrons. The zero-order chi connectivity index (χ0) is 13.0. The van der Waals surface area contributed by atoms with Crippen molar-refractivity contribution in [3.05, 3.63) is 26.9 Å². The Morgan fingerprint density at radius 1 is 1.29 bits per heavy atom. The Morgan fingerprint density at radius 3 is 2.47 bits per heavy atom. The van der Waals surface area contributed by atoms with Crippen LogP contribution < -0.4 is 17.0 Å². The van der Waals surface area contributed by atoms with Gasteiger partial charge in [0.25, 0.3) is 5.56 Å². The first kappa shape index (κ1) is 13.5. The summed E-state index contributed by atoms with van der Waals surface area (Å²) in [6, 6.07) is 1.26. The van der Waals surface area contributed by atoms with Crippen molar-refractivity contribution < 1.29 is 0 Å². The van der Waals surface area contributed by atoms with Gasteiger partial charge in [-0.2, -0.15) is 0 Å². The van der Waals surface area contributed by atoms with E-state index in [1.807, 2.05) is 6.92 Å². The molecule has 5 nitrogen and oxygen atoms in total. The van der Waals surface area contributed by atoms with Crippen LogP contribution in [0.3, 0.4) is 0 Å². The Hall–Kier alpha value is -1.52. The van der Waals surface area contributed by atoms with Gasteiger partial charge in [0.2, 0.25) is 0 Å². The standard InChI is InChI=1S/C12H21N3O2/c1-8(2)5-4-6-9(3)15-10(13)7-11(16)14-12(15)17/h7-9H,4-6,13H2,1-3H3,(H,14,16,17). The molecule has 3 N–H and O–H groups in total. The smallest absolute Gasteiger partial charge is 0.330 e. The van der Waals surface area contributed by atoms with Gasteiger partial charge < -0.3 is 5.73 Å². The Morgan fingerprint density at radius 2 is 1.94 bits per heavy atom. The molecule has 0 spiro atoms. The molecule has 0 amide bonds. The summed E-state index contributed by atoms with van der Waals surface area (Å²) < 4.78 is 1.45. The number of H-pyrrole nitrogens is 1. The number of nitrogens with zero attached hydrogens (tertiary/aromatic N) is 1. The molecule has 1 heterocycles. The largest absolute Gasteiger partial charge is 0.385 e. The number of nitrogens with one attached hydrogen (secondary N) is 1. The first-order valence-electron chi connectivity index (χ1n) is 6.03. The lowest BCUT2D eigenvalue weighted by Gasteiger charge is -2.17. The highest BCUT2D eigenvalue weighted by molar-refractivity contribution is 5.26. The van der Waals surface area contributed by atoms with Gasteiger partial charge in [0.15, 0.2) is 0 Å². The van der Waals surface area contributed by atoms with Gasteiger partial charge in [0.05, 0.1) is 0 Å². The molecule has 0 aliphatic rings. The topological polar surface area (TPSA) is 80.9 Å². The summed E-state index contributed by atoms with van der Waals surface area (Å²) in [7, 11) is 0. The van der Waals surface area contributed by atoms with Crippen LogP contribution in [-0.4, -0.2) is 9.55 Å². The second-order valence-electron chi connectivity index (χ2n) is 4.91. The maximum atomic E-state index is 11.6. The molecule has 96 valence electrons. The second-order valence-corrected chi connectivity index (χ2v) is 4.91. The Balaban J connectivity index is 2.79. The number of hydrogen-bond donors (Lipinski definition) is 2. The van der Waals surface area contributed by atoms with Crippen molar-refractivity contribution in [3.63, 3.8) is 0 Å². The Bertz CT molecular complexity index is 473. The Labute approximate surface area is 101 Å². The molecule has 1 rings (SSSR count). The lowest BCUT2D eigenvalue weighted by Crippen LogP contribution is -2.33. The minimum Gasteiger partial charge on any atom is -0.385 e. The normalized spacial score (nSPS) is 12.9. The molecule has 1 unspecified atom stereocenters. The van der Waals surface area contributed by atoms with Crippen LogP contribution in [0.4, 0.5) is 5.82 Å². The van der Waals surface area contributed by atoms with Crippen molar-refractivity contribution in [1.29, 1.82) is 0 Å². The van der Waals surface area contributed by atoms with E-state index in [1.165, 1.54) is 10.6 Å².